The number of primary amides is 1. The van der Waals surface area contributed by atoms with E-state index in [0.29, 0.717) is 36.9 Å². The predicted molar refractivity (Wildman–Crippen MR) is 386 cm³/mol. The number of benzene rings is 2. The fourth-order valence-electron chi connectivity index (χ4n) is 12.7. The molecular weight excluding hydrogens is 1470 g/mol. The van der Waals surface area contributed by atoms with Crippen LogP contribution in [0.15, 0.2) is 75.7 Å². The molecule has 12 atom stereocenters. The molecule has 0 bridgehead atoms. The molecule has 2 aromatic carbocycles. The monoisotopic (exact) mass is 1570 g/mol. The standard InChI is InChI=1S/C71H102Br2N12O18/c1-15-41(8)60(52(100-13)33-56(89)83-30-20-24-51(83)62(101-14)42(9)63(91)76-43(10)61(90)45-21-17-16-18-22-45)81(11)69(97)58(39(4)5)80-66(94)59(40(6)7)82(12)71(99)103-36-44-25-27-46(28-26-44)77-64(92)50(23-19-29-75-70(74)98)78-65(93)57(38(2)3)79-53(86)37-102-47(34-84-54(87)31-48(72)67(84)95)35-85-55(88)32-49(73)68(85)96/h16-18,21-22,25-28,31-32,38-43,47,50-52,57-62,90H,15,19-20,23-24,29-30,33-37H2,1-14H3,(H,76,91)(H,77,92)(H,78,93)(H,79,86)(H,80,94)(H3,74,75,98)/t41?,42-,43-,50+,51+,52?,57+,58+,59+,60+,61-,62-/m1/s1. The molecule has 5 rings (SSSR count). The highest BCUT2D eigenvalue weighted by atomic mass is 79.9. The minimum absolute atomic E-state index is 0.0220. The van der Waals surface area contributed by atoms with Gasteiger partial charge in [0.1, 0.15) is 37.4 Å². The summed E-state index contributed by atoms with van der Waals surface area (Å²) in [5, 5.41) is 27.3. The van der Waals surface area contributed by atoms with Crippen molar-refractivity contribution in [3.05, 3.63) is 86.8 Å². The van der Waals surface area contributed by atoms with Gasteiger partial charge in [-0.15, -0.1) is 0 Å². The molecule has 103 heavy (non-hydrogen) atoms. The van der Waals surface area contributed by atoms with E-state index >= 15 is 0 Å². The molecule has 30 nitrogen and oxygen atoms in total. The number of imide groups is 2. The fourth-order valence-corrected chi connectivity index (χ4v) is 13.5. The Morgan fingerprint density at radius 1 is 0.709 bits per heavy atom. The topological polar surface area (TPSA) is 393 Å². The number of rotatable bonds is 39. The van der Waals surface area contributed by atoms with Crippen LogP contribution in [0.3, 0.4) is 0 Å². The Hall–Kier alpha value is -8.17. The van der Waals surface area contributed by atoms with Crippen molar-refractivity contribution in [2.24, 2.45) is 35.3 Å². The lowest BCUT2D eigenvalue weighted by molar-refractivity contribution is -0.148. The number of ether oxygens (including phenoxy) is 4. The van der Waals surface area contributed by atoms with Crippen molar-refractivity contribution in [3.8, 4) is 0 Å². The number of hydrogen-bond donors (Lipinski definition) is 8. The molecule has 2 aromatic rings. The highest BCUT2D eigenvalue weighted by molar-refractivity contribution is 9.12. The van der Waals surface area contributed by atoms with Crippen LogP contribution >= 0.6 is 31.9 Å². The van der Waals surface area contributed by atoms with Crippen LogP contribution in [0.1, 0.15) is 125 Å². The second kappa shape index (κ2) is 40.2. The predicted octanol–water partition coefficient (Wildman–Crippen LogP) is 4.27. The Morgan fingerprint density at radius 2 is 1.30 bits per heavy atom. The average Bonchev–Trinajstić information content (AvgIpc) is 1.81. The molecule has 0 aromatic heterocycles. The number of likely N-dealkylation sites (N-methyl/N-ethyl adjacent to an activating group) is 2. The highest BCUT2D eigenvalue weighted by Gasteiger charge is 2.45. The number of methoxy groups -OCH3 is 2. The normalized spacial score (nSPS) is 17.9. The van der Waals surface area contributed by atoms with Gasteiger partial charge in [0.2, 0.25) is 41.4 Å². The molecule has 0 saturated carbocycles. The lowest BCUT2D eigenvalue weighted by atomic mass is 9.89. The smallest absolute Gasteiger partial charge is 0.410 e. The molecule has 1 saturated heterocycles. The molecule has 2 unspecified atom stereocenters. The van der Waals surface area contributed by atoms with Gasteiger partial charge in [-0.05, 0) is 111 Å². The molecule has 0 radical (unpaired) electrons. The Balaban J connectivity index is 1.20. The van der Waals surface area contributed by atoms with Crippen LogP contribution in [0.5, 0.6) is 0 Å². The maximum absolute atomic E-state index is 14.9. The second-order valence-electron chi connectivity index (χ2n) is 27.2. The van der Waals surface area contributed by atoms with Crippen LogP contribution in [-0.2, 0) is 78.3 Å². The van der Waals surface area contributed by atoms with E-state index in [9.17, 15) is 67.4 Å². The van der Waals surface area contributed by atoms with Gasteiger partial charge >= 0.3 is 12.1 Å². The van der Waals surface area contributed by atoms with Crippen LogP contribution in [0, 0.1) is 29.6 Å². The Kier molecular flexibility index (Phi) is 33.4. The number of hydrogen-bond acceptors (Lipinski definition) is 18. The van der Waals surface area contributed by atoms with E-state index in [4.69, 9.17) is 24.7 Å². The zero-order valence-corrected chi connectivity index (χ0v) is 64.2. The third kappa shape index (κ3) is 23.7. The third-order valence-corrected chi connectivity index (χ3v) is 19.8. The van der Waals surface area contributed by atoms with Crippen LogP contribution in [0.2, 0.25) is 0 Å². The van der Waals surface area contributed by atoms with Crippen molar-refractivity contribution in [1.82, 2.24) is 51.1 Å². The molecule has 32 heteroatoms. The van der Waals surface area contributed by atoms with E-state index in [1.54, 1.807) is 91.6 Å². The molecule has 14 amide bonds. The summed E-state index contributed by atoms with van der Waals surface area (Å²) < 4.78 is 23.5. The first-order valence-corrected chi connectivity index (χ1v) is 36.1. The number of nitrogens with zero attached hydrogens (tertiary/aromatic N) is 5. The van der Waals surface area contributed by atoms with Gasteiger partial charge in [-0.2, -0.15) is 0 Å². The van der Waals surface area contributed by atoms with Crippen LogP contribution in [-0.4, -0.2) is 228 Å². The molecule has 3 aliphatic rings. The van der Waals surface area contributed by atoms with E-state index in [2.05, 4.69) is 63.8 Å². The zero-order chi connectivity index (χ0) is 76.9. The number of amides is 14. The van der Waals surface area contributed by atoms with E-state index in [-0.39, 0.29) is 64.8 Å². The number of nitrogens with one attached hydrogen (secondary N) is 6. The third-order valence-electron chi connectivity index (χ3n) is 18.7. The summed E-state index contributed by atoms with van der Waals surface area (Å²) in [6.07, 6.45) is -0.601. The number of carbonyl (C=O) groups is 13. The highest BCUT2D eigenvalue weighted by Crippen LogP contribution is 2.31. The summed E-state index contributed by atoms with van der Waals surface area (Å²) in [6, 6.07) is 7.95. The molecule has 568 valence electrons. The summed E-state index contributed by atoms with van der Waals surface area (Å²) in [5.41, 5.74) is 6.66. The Morgan fingerprint density at radius 3 is 1.82 bits per heavy atom. The summed E-state index contributed by atoms with van der Waals surface area (Å²) in [4.78, 5) is 181. The van der Waals surface area contributed by atoms with E-state index in [0.717, 1.165) is 26.9 Å². The van der Waals surface area contributed by atoms with Gasteiger partial charge in [0.15, 0.2) is 0 Å². The molecular formula is C71H102Br2N12O18. The van der Waals surface area contributed by atoms with Gasteiger partial charge < -0.3 is 71.5 Å². The van der Waals surface area contributed by atoms with Crippen LogP contribution in [0.25, 0.3) is 0 Å². The van der Waals surface area contributed by atoms with Crippen molar-refractivity contribution >= 4 is 115 Å². The van der Waals surface area contributed by atoms with E-state index < -0.39 is 175 Å². The first-order valence-electron chi connectivity index (χ1n) is 34.5. The first kappa shape index (κ1) is 85.5. The Bertz CT molecular complexity index is 3360. The van der Waals surface area contributed by atoms with E-state index in [1.165, 1.54) is 38.3 Å². The lowest BCUT2D eigenvalue weighted by Gasteiger charge is -2.41. The van der Waals surface area contributed by atoms with Gasteiger partial charge in [-0.25, -0.2) is 9.59 Å². The largest absolute Gasteiger partial charge is 0.445 e. The summed E-state index contributed by atoms with van der Waals surface area (Å²) in [7, 11) is 6.02. The van der Waals surface area contributed by atoms with E-state index in [1.807, 2.05) is 32.0 Å². The van der Waals surface area contributed by atoms with Gasteiger partial charge in [0, 0.05) is 59.2 Å². The number of urea groups is 1. The lowest BCUT2D eigenvalue weighted by Crippen LogP contribution is -2.60. The number of likely N-dealkylation sites (tertiary alicyclic amines) is 1. The van der Waals surface area contributed by atoms with Crippen molar-refractivity contribution in [1.29, 1.82) is 0 Å². The summed E-state index contributed by atoms with van der Waals surface area (Å²) in [5.74, 6) is -9.20. The zero-order valence-electron chi connectivity index (χ0n) is 61.0. The van der Waals surface area contributed by atoms with Crippen LogP contribution in [0.4, 0.5) is 15.3 Å². The SMILES string of the molecule is CCC(C)[C@@H](C(CC(=O)N1CCC[C@H]1[C@H](OC)[C@@H](C)C(=O)N[C@H](C)[C@@H](O)c1ccccc1)OC)N(C)C(=O)[C@@H](NC(=O)[C@H](C(C)C)N(C)C(=O)OCc1ccc(NC(=O)[C@H](CCCNC(N)=O)NC(=O)[C@@H](NC(=O)COC(CN2C(=O)C=C(Br)C2=O)CN2C(=O)C=C(Br)C2=O)C(C)C)cc1)C(C)C. The molecule has 0 spiro atoms. The number of nitrogens with two attached hydrogens (primary N) is 1. The van der Waals surface area contributed by atoms with Gasteiger partial charge in [-0.3, -0.25) is 67.4 Å². The Labute approximate surface area is 618 Å². The number of halogens is 2. The number of aliphatic hydroxyl groups is 1. The molecule has 3 heterocycles. The van der Waals surface area contributed by atoms with Gasteiger partial charge in [-0.1, -0.05) is 111 Å². The van der Waals surface area contributed by atoms with Crippen molar-refractivity contribution in [3.63, 3.8) is 0 Å². The number of aliphatic hydroxyl groups excluding tert-OH is 1. The second-order valence-corrected chi connectivity index (χ2v) is 28.9. The maximum Gasteiger partial charge on any atom is 0.410 e. The molecule has 0 aliphatic carbocycles. The van der Waals surface area contributed by atoms with Gasteiger partial charge in [0.25, 0.3) is 23.6 Å². The quantitative estimate of drug-likeness (QED) is 0.0342. The number of anilines is 1. The number of carbonyl (C=O) groups excluding carboxylic acids is 13. The fraction of sp³-hybridized carbons (Fsp3) is 0.592. The summed E-state index contributed by atoms with van der Waals surface area (Å²) in [6.45, 7) is 16.2. The summed E-state index contributed by atoms with van der Waals surface area (Å²) >= 11 is 6.03. The van der Waals surface area contributed by atoms with Crippen molar-refractivity contribution in [2.75, 3.05) is 66.4 Å². The van der Waals surface area contributed by atoms with Gasteiger partial charge in [0.05, 0.1) is 76.9 Å². The van der Waals surface area contributed by atoms with Crippen molar-refractivity contribution in [2.45, 2.75) is 181 Å². The molecule has 3 aliphatic heterocycles. The molecule has 9 N–H and O–H groups in total. The minimum Gasteiger partial charge on any atom is -0.445 e. The maximum atomic E-state index is 14.9. The minimum atomic E-state index is -1.27. The van der Waals surface area contributed by atoms with Crippen LogP contribution < -0.4 is 37.6 Å². The first-order chi connectivity index (χ1) is 48.6. The van der Waals surface area contributed by atoms with Crippen molar-refractivity contribution < 1.29 is 86.4 Å². The molecule has 1 fully saturated rings. The average molecular weight is 1570 g/mol.